The zero-order valence-electron chi connectivity index (χ0n) is 14.0. The number of nitrogens with one attached hydrogen (secondary N) is 2. The van der Waals surface area contributed by atoms with Gasteiger partial charge in [0.25, 0.3) is 0 Å². The van der Waals surface area contributed by atoms with Crippen LogP contribution in [0.25, 0.3) is 0 Å². The van der Waals surface area contributed by atoms with Crippen molar-refractivity contribution in [3.63, 3.8) is 0 Å². The SMILES string of the molecule is CC(C)(CNC(=O)N[C@@H]1C[C@H]1c1ccccc1)C1=CCOCC1. The molecule has 0 radical (unpaired) electrons. The molecule has 3 rings (SSSR count). The molecular formula is C19H26N2O2. The average molecular weight is 314 g/mol. The molecule has 1 saturated carbocycles. The first kappa shape index (κ1) is 16.1. The molecule has 1 aromatic carbocycles. The molecule has 2 amide bonds. The summed E-state index contributed by atoms with van der Waals surface area (Å²) in [5.41, 5.74) is 2.66. The van der Waals surface area contributed by atoms with Crippen LogP contribution in [-0.2, 0) is 4.74 Å². The first-order chi connectivity index (χ1) is 11.1. The maximum Gasteiger partial charge on any atom is 0.315 e. The molecule has 1 aliphatic heterocycles. The molecule has 2 N–H and O–H groups in total. The molecule has 124 valence electrons. The standard InChI is InChI=1S/C19H26N2O2/c1-19(2,15-8-10-23-11-9-15)13-20-18(22)21-17-12-16(17)14-6-4-3-5-7-14/h3-8,16-17H,9-13H2,1-2H3,(H2,20,21,22)/t16-,17+/m0/s1. The van der Waals surface area contributed by atoms with Crippen molar-refractivity contribution in [1.29, 1.82) is 0 Å². The lowest BCUT2D eigenvalue weighted by molar-refractivity contribution is 0.145. The third kappa shape index (κ3) is 4.14. The van der Waals surface area contributed by atoms with Crippen LogP contribution >= 0.6 is 0 Å². The van der Waals surface area contributed by atoms with Crippen molar-refractivity contribution in [3.8, 4) is 0 Å². The van der Waals surface area contributed by atoms with Gasteiger partial charge >= 0.3 is 6.03 Å². The summed E-state index contributed by atoms with van der Waals surface area (Å²) < 4.78 is 5.36. The van der Waals surface area contributed by atoms with Crippen LogP contribution in [0.1, 0.15) is 38.2 Å². The number of urea groups is 1. The highest BCUT2D eigenvalue weighted by Gasteiger charge is 2.39. The molecule has 4 heteroatoms. The molecule has 0 unspecified atom stereocenters. The van der Waals surface area contributed by atoms with Crippen molar-refractivity contribution in [2.24, 2.45) is 5.41 Å². The van der Waals surface area contributed by atoms with Gasteiger partial charge in [-0.1, -0.05) is 55.8 Å². The molecule has 0 bridgehead atoms. The quantitative estimate of drug-likeness (QED) is 0.820. The van der Waals surface area contributed by atoms with E-state index in [0.29, 0.717) is 19.1 Å². The fraction of sp³-hybridized carbons (Fsp3) is 0.526. The van der Waals surface area contributed by atoms with Crippen LogP contribution in [0.15, 0.2) is 42.0 Å². The Morgan fingerprint density at radius 3 is 2.78 bits per heavy atom. The van der Waals surface area contributed by atoms with Crippen LogP contribution in [0.4, 0.5) is 4.79 Å². The second-order valence-corrected chi connectivity index (χ2v) is 7.12. The van der Waals surface area contributed by atoms with Crippen LogP contribution in [0.2, 0.25) is 0 Å². The summed E-state index contributed by atoms with van der Waals surface area (Å²) in [5.74, 6) is 0.466. The minimum absolute atomic E-state index is 0.0243. The van der Waals surface area contributed by atoms with Crippen molar-refractivity contribution in [2.45, 2.75) is 38.6 Å². The van der Waals surface area contributed by atoms with E-state index in [2.05, 4.69) is 54.8 Å². The number of carbonyl (C=O) groups is 1. The number of benzene rings is 1. The second-order valence-electron chi connectivity index (χ2n) is 7.12. The highest BCUT2D eigenvalue weighted by Crippen LogP contribution is 2.40. The van der Waals surface area contributed by atoms with Gasteiger partial charge in [0, 0.05) is 23.9 Å². The van der Waals surface area contributed by atoms with Gasteiger partial charge in [-0.3, -0.25) is 0 Å². The van der Waals surface area contributed by atoms with Crippen LogP contribution in [0.5, 0.6) is 0 Å². The third-order valence-corrected chi connectivity index (χ3v) is 4.86. The molecule has 4 nitrogen and oxygen atoms in total. The first-order valence-corrected chi connectivity index (χ1v) is 8.43. The third-order valence-electron chi connectivity index (χ3n) is 4.86. The molecular weight excluding hydrogens is 288 g/mol. The average Bonchev–Trinajstić information content (AvgIpc) is 3.34. The summed E-state index contributed by atoms with van der Waals surface area (Å²) >= 11 is 0. The van der Waals surface area contributed by atoms with Gasteiger partial charge in [-0.25, -0.2) is 4.79 Å². The van der Waals surface area contributed by atoms with Gasteiger partial charge in [0.15, 0.2) is 0 Å². The van der Waals surface area contributed by atoms with E-state index in [4.69, 9.17) is 4.74 Å². The van der Waals surface area contributed by atoms with E-state index in [1.807, 2.05) is 6.07 Å². The highest BCUT2D eigenvalue weighted by atomic mass is 16.5. The van der Waals surface area contributed by atoms with Gasteiger partial charge in [-0.05, 0) is 18.4 Å². The Balaban J connectivity index is 1.44. The van der Waals surface area contributed by atoms with E-state index >= 15 is 0 Å². The van der Waals surface area contributed by atoms with Crippen LogP contribution in [-0.4, -0.2) is 31.8 Å². The van der Waals surface area contributed by atoms with E-state index < -0.39 is 0 Å². The van der Waals surface area contributed by atoms with E-state index in [0.717, 1.165) is 19.4 Å². The molecule has 1 aromatic rings. The lowest BCUT2D eigenvalue weighted by atomic mass is 9.81. The Morgan fingerprint density at radius 1 is 1.30 bits per heavy atom. The lowest BCUT2D eigenvalue weighted by Gasteiger charge is -2.30. The highest BCUT2D eigenvalue weighted by molar-refractivity contribution is 5.75. The maximum absolute atomic E-state index is 12.1. The summed E-state index contributed by atoms with van der Waals surface area (Å²) in [6.45, 7) is 6.46. The molecule has 1 aliphatic carbocycles. The first-order valence-electron chi connectivity index (χ1n) is 8.43. The summed E-state index contributed by atoms with van der Waals surface area (Å²) in [5, 5.41) is 6.12. The zero-order chi connectivity index (χ0) is 16.3. The monoisotopic (exact) mass is 314 g/mol. The fourth-order valence-electron chi connectivity index (χ4n) is 3.20. The number of rotatable bonds is 5. The molecule has 1 fully saturated rings. The van der Waals surface area contributed by atoms with E-state index in [1.165, 1.54) is 11.1 Å². The lowest BCUT2D eigenvalue weighted by Crippen LogP contribution is -2.42. The van der Waals surface area contributed by atoms with E-state index in [-0.39, 0.29) is 17.5 Å². The Kier molecular flexibility index (Phi) is 4.71. The van der Waals surface area contributed by atoms with Crippen molar-refractivity contribution < 1.29 is 9.53 Å². The van der Waals surface area contributed by atoms with E-state index in [9.17, 15) is 4.79 Å². The van der Waals surface area contributed by atoms with Gasteiger partial charge in [0.1, 0.15) is 0 Å². The summed E-state index contributed by atoms with van der Waals surface area (Å²) in [6.07, 6.45) is 4.13. The Hall–Kier alpha value is -1.81. The molecule has 0 saturated heterocycles. The molecule has 0 spiro atoms. The Morgan fingerprint density at radius 2 is 2.09 bits per heavy atom. The summed E-state index contributed by atoms with van der Waals surface area (Å²) in [4.78, 5) is 12.1. The fourth-order valence-corrected chi connectivity index (χ4v) is 3.20. The Labute approximate surface area is 138 Å². The molecule has 1 heterocycles. The number of hydrogen-bond acceptors (Lipinski definition) is 2. The predicted molar refractivity (Wildman–Crippen MR) is 91.4 cm³/mol. The number of carbonyl (C=O) groups excluding carboxylic acids is 1. The van der Waals surface area contributed by atoms with Crippen molar-refractivity contribution >= 4 is 6.03 Å². The maximum atomic E-state index is 12.1. The van der Waals surface area contributed by atoms with Crippen molar-refractivity contribution in [2.75, 3.05) is 19.8 Å². The number of ether oxygens (including phenoxy) is 1. The van der Waals surface area contributed by atoms with Crippen LogP contribution < -0.4 is 10.6 Å². The summed E-state index contributed by atoms with van der Waals surface area (Å²) in [7, 11) is 0. The van der Waals surface area contributed by atoms with Gasteiger partial charge in [0.2, 0.25) is 0 Å². The molecule has 2 atom stereocenters. The normalized spacial score (nSPS) is 23.8. The summed E-state index contributed by atoms with van der Waals surface area (Å²) in [6, 6.07) is 10.6. The van der Waals surface area contributed by atoms with Gasteiger partial charge < -0.3 is 15.4 Å². The minimum atomic E-state index is -0.0610. The van der Waals surface area contributed by atoms with Crippen LogP contribution in [0.3, 0.4) is 0 Å². The van der Waals surface area contributed by atoms with Crippen LogP contribution in [0, 0.1) is 5.41 Å². The van der Waals surface area contributed by atoms with Gasteiger partial charge in [-0.15, -0.1) is 0 Å². The van der Waals surface area contributed by atoms with Crippen molar-refractivity contribution in [3.05, 3.63) is 47.5 Å². The zero-order valence-corrected chi connectivity index (χ0v) is 14.0. The number of hydrogen-bond donors (Lipinski definition) is 2. The largest absolute Gasteiger partial charge is 0.377 e. The van der Waals surface area contributed by atoms with Gasteiger partial charge in [0.05, 0.1) is 13.2 Å². The van der Waals surface area contributed by atoms with Crippen molar-refractivity contribution in [1.82, 2.24) is 10.6 Å². The minimum Gasteiger partial charge on any atom is -0.377 e. The topological polar surface area (TPSA) is 50.4 Å². The molecule has 0 aromatic heterocycles. The van der Waals surface area contributed by atoms with E-state index in [1.54, 1.807) is 0 Å². The smallest absolute Gasteiger partial charge is 0.315 e. The van der Waals surface area contributed by atoms with Gasteiger partial charge in [-0.2, -0.15) is 0 Å². The second kappa shape index (κ2) is 6.75. The number of amides is 2. The Bertz CT molecular complexity index is 580. The predicted octanol–water partition coefficient (Wildman–Crippen LogP) is 3.21. The molecule has 2 aliphatic rings. The molecule has 23 heavy (non-hydrogen) atoms.